The van der Waals surface area contributed by atoms with Crippen molar-refractivity contribution in [2.45, 2.75) is 45.3 Å². The predicted octanol–water partition coefficient (Wildman–Crippen LogP) is 1.38. The molecule has 1 saturated heterocycles. The van der Waals surface area contributed by atoms with Gasteiger partial charge in [0.15, 0.2) is 0 Å². The van der Waals surface area contributed by atoms with Crippen molar-refractivity contribution in [3.8, 4) is 0 Å². The maximum Gasteiger partial charge on any atom is 0.410 e. The molecule has 0 spiro atoms. The molecule has 1 heterocycles. The monoisotopic (exact) mass is 213 g/mol. The summed E-state index contributed by atoms with van der Waals surface area (Å²) in [5.74, 6) is 0. The molecule has 15 heavy (non-hydrogen) atoms. The Hall–Kier alpha value is -0.770. The van der Waals surface area contributed by atoms with E-state index >= 15 is 0 Å². The SMILES string of the molecule is CC(C)(C)OC(=O)N1CCC2(CO)CC12. The second-order valence-electron chi connectivity index (χ2n) is 5.66. The first kappa shape index (κ1) is 10.7. The van der Waals surface area contributed by atoms with Crippen LogP contribution in [0.2, 0.25) is 0 Å². The second kappa shape index (κ2) is 3.11. The van der Waals surface area contributed by atoms with Crippen molar-refractivity contribution >= 4 is 6.09 Å². The van der Waals surface area contributed by atoms with E-state index in [9.17, 15) is 9.90 Å². The van der Waals surface area contributed by atoms with Gasteiger partial charge < -0.3 is 14.7 Å². The standard InChI is InChI=1S/C11H19NO3/c1-10(2,3)15-9(14)12-5-4-11(7-13)6-8(11)12/h8,13H,4-7H2,1-3H3. The third-order valence-electron chi connectivity index (χ3n) is 3.32. The Morgan fingerprint density at radius 3 is 2.67 bits per heavy atom. The summed E-state index contributed by atoms with van der Waals surface area (Å²) in [5, 5.41) is 9.22. The lowest BCUT2D eigenvalue weighted by atomic mass is 10.1. The van der Waals surface area contributed by atoms with Gasteiger partial charge in [-0.15, -0.1) is 0 Å². The Kier molecular flexibility index (Phi) is 2.23. The van der Waals surface area contributed by atoms with Gasteiger partial charge in [-0.2, -0.15) is 0 Å². The third-order valence-corrected chi connectivity index (χ3v) is 3.32. The van der Waals surface area contributed by atoms with Gasteiger partial charge in [-0.25, -0.2) is 4.79 Å². The summed E-state index contributed by atoms with van der Waals surface area (Å²) >= 11 is 0. The molecule has 2 unspecified atom stereocenters. The molecule has 1 amide bonds. The fraction of sp³-hybridized carbons (Fsp3) is 0.909. The van der Waals surface area contributed by atoms with E-state index in [0.717, 1.165) is 19.4 Å². The average molecular weight is 213 g/mol. The zero-order chi connectivity index (χ0) is 11.3. The zero-order valence-corrected chi connectivity index (χ0v) is 9.62. The molecule has 4 heteroatoms. The number of hydrogen-bond donors (Lipinski definition) is 1. The van der Waals surface area contributed by atoms with Crippen molar-refractivity contribution in [2.24, 2.45) is 5.41 Å². The van der Waals surface area contributed by atoms with Crippen LogP contribution in [0.3, 0.4) is 0 Å². The van der Waals surface area contributed by atoms with Gasteiger partial charge in [0.2, 0.25) is 0 Å². The summed E-state index contributed by atoms with van der Waals surface area (Å²) in [7, 11) is 0. The lowest BCUT2D eigenvalue weighted by Crippen LogP contribution is -2.36. The number of aliphatic hydroxyl groups is 1. The Morgan fingerprint density at radius 1 is 1.60 bits per heavy atom. The molecule has 2 atom stereocenters. The largest absolute Gasteiger partial charge is 0.444 e. The van der Waals surface area contributed by atoms with Crippen LogP contribution in [-0.2, 0) is 4.74 Å². The lowest BCUT2D eigenvalue weighted by Gasteiger charge is -2.25. The minimum absolute atomic E-state index is 0.0108. The van der Waals surface area contributed by atoms with Crippen LogP contribution in [0.1, 0.15) is 33.6 Å². The van der Waals surface area contributed by atoms with Crippen LogP contribution < -0.4 is 0 Å². The number of fused-ring (bicyclic) bond motifs is 1. The van der Waals surface area contributed by atoms with E-state index in [1.54, 1.807) is 4.90 Å². The molecule has 1 aliphatic carbocycles. The molecule has 0 aromatic carbocycles. The van der Waals surface area contributed by atoms with Crippen LogP contribution >= 0.6 is 0 Å². The highest BCUT2D eigenvalue weighted by molar-refractivity contribution is 5.70. The highest BCUT2D eigenvalue weighted by Gasteiger charge is 2.62. The van der Waals surface area contributed by atoms with E-state index in [2.05, 4.69) is 0 Å². The molecule has 0 aromatic heterocycles. The lowest BCUT2D eigenvalue weighted by molar-refractivity contribution is 0.0261. The fourth-order valence-corrected chi connectivity index (χ4v) is 2.32. The highest BCUT2D eigenvalue weighted by atomic mass is 16.6. The quantitative estimate of drug-likeness (QED) is 0.716. The molecule has 0 aromatic rings. The molecule has 1 aliphatic heterocycles. The number of aliphatic hydroxyl groups excluding tert-OH is 1. The molecule has 0 radical (unpaired) electrons. The van der Waals surface area contributed by atoms with E-state index in [0.29, 0.717) is 0 Å². The number of carbonyl (C=O) groups excluding carboxylic acids is 1. The summed E-state index contributed by atoms with van der Waals surface area (Å²) in [6, 6.07) is 0.220. The summed E-state index contributed by atoms with van der Waals surface area (Å²) in [6.45, 7) is 6.52. The van der Waals surface area contributed by atoms with Crippen molar-refractivity contribution in [1.82, 2.24) is 4.90 Å². The molecule has 2 fully saturated rings. The van der Waals surface area contributed by atoms with Crippen LogP contribution in [0.15, 0.2) is 0 Å². The first-order valence-corrected chi connectivity index (χ1v) is 5.48. The summed E-state index contributed by atoms with van der Waals surface area (Å²) in [5.41, 5.74) is -0.423. The molecule has 2 rings (SSSR count). The summed E-state index contributed by atoms with van der Waals surface area (Å²) in [4.78, 5) is 13.5. The Balaban J connectivity index is 1.95. The molecular formula is C11H19NO3. The van der Waals surface area contributed by atoms with E-state index < -0.39 is 5.60 Å². The van der Waals surface area contributed by atoms with Crippen LogP contribution in [0, 0.1) is 5.41 Å². The fourth-order valence-electron chi connectivity index (χ4n) is 2.32. The second-order valence-corrected chi connectivity index (χ2v) is 5.66. The Bertz CT molecular complexity index is 284. The number of rotatable bonds is 1. The van der Waals surface area contributed by atoms with Crippen LogP contribution in [0.5, 0.6) is 0 Å². The normalized spacial score (nSPS) is 33.9. The van der Waals surface area contributed by atoms with E-state index in [1.807, 2.05) is 20.8 Å². The third kappa shape index (κ3) is 1.83. The van der Waals surface area contributed by atoms with Gasteiger partial charge in [0, 0.05) is 18.0 Å². The van der Waals surface area contributed by atoms with Gasteiger partial charge in [0.05, 0.1) is 6.61 Å². The minimum atomic E-state index is -0.434. The van der Waals surface area contributed by atoms with Crippen LogP contribution in [0.25, 0.3) is 0 Å². The van der Waals surface area contributed by atoms with Crippen molar-refractivity contribution in [3.63, 3.8) is 0 Å². The van der Waals surface area contributed by atoms with Gasteiger partial charge in [0.1, 0.15) is 5.60 Å². The van der Waals surface area contributed by atoms with Gasteiger partial charge in [-0.1, -0.05) is 0 Å². The number of likely N-dealkylation sites (tertiary alicyclic amines) is 1. The van der Waals surface area contributed by atoms with Gasteiger partial charge in [0.25, 0.3) is 0 Å². The minimum Gasteiger partial charge on any atom is -0.444 e. The summed E-state index contributed by atoms with van der Waals surface area (Å²) in [6.07, 6.45) is 1.61. The molecule has 0 bridgehead atoms. The first-order chi connectivity index (χ1) is 6.88. The summed E-state index contributed by atoms with van der Waals surface area (Å²) < 4.78 is 5.31. The molecule has 1 saturated carbocycles. The number of piperidine rings is 1. The number of hydrogen-bond acceptors (Lipinski definition) is 3. The molecular weight excluding hydrogens is 194 g/mol. The smallest absolute Gasteiger partial charge is 0.410 e. The highest BCUT2D eigenvalue weighted by Crippen LogP contribution is 2.56. The molecule has 4 nitrogen and oxygen atoms in total. The zero-order valence-electron chi connectivity index (χ0n) is 9.62. The van der Waals surface area contributed by atoms with Crippen LogP contribution in [0.4, 0.5) is 4.79 Å². The van der Waals surface area contributed by atoms with E-state index in [4.69, 9.17) is 4.74 Å². The van der Waals surface area contributed by atoms with Crippen molar-refractivity contribution in [2.75, 3.05) is 13.2 Å². The van der Waals surface area contributed by atoms with E-state index in [-0.39, 0.29) is 24.2 Å². The van der Waals surface area contributed by atoms with Crippen molar-refractivity contribution in [3.05, 3.63) is 0 Å². The van der Waals surface area contributed by atoms with Gasteiger partial charge >= 0.3 is 6.09 Å². The topological polar surface area (TPSA) is 49.8 Å². The van der Waals surface area contributed by atoms with E-state index in [1.165, 1.54) is 0 Å². The molecule has 1 N–H and O–H groups in total. The van der Waals surface area contributed by atoms with Crippen molar-refractivity contribution in [1.29, 1.82) is 0 Å². The maximum atomic E-state index is 11.8. The number of nitrogens with zero attached hydrogens (tertiary/aromatic N) is 1. The first-order valence-electron chi connectivity index (χ1n) is 5.48. The molecule has 86 valence electrons. The van der Waals surface area contributed by atoms with Crippen molar-refractivity contribution < 1.29 is 14.6 Å². The number of amides is 1. The Morgan fingerprint density at radius 2 is 2.27 bits per heavy atom. The Labute approximate surface area is 90.2 Å². The number of carbonyl (C=O) groups is 1. The molecule has 2 aliphatic rings. The van der Waals surface area contributed by atoms with Crippen LogP contribution in [-0.4, -0.2) is 40.9 Å². The average Bonchev–Trinajstić information content (AvgIpc) is 2.70. The maximum absolute atomic E-state index is 11.8. The number of ether oxygens (including phenoxy) is 1. The van der Waals surface area contributed by atoms with Gasteiger partial charge in [-0.05, 0) is 33.6 Å². The van der Waals surface area contributed by atoms with Gasteiger partial charge in [-0.3, -0.25) is 0 Å². The predicted molar refractivity (Wildman–Crippen MR) is 55.5 cm³/mol.